The quantitative estimate of drug-likeness (QED) is 0.630. The second-order valence-electron chi connectivity index (χ2n) is 4.31. The molecule has 5 nitrogen and oxygen atoms in total. The van der Waals surface area contributed by atoms with Crippen LogP contribution < -0.4 is 4.90 Å². The first-order valence-corrected chi connectivity index (χ1v) is 5.56. The Morgan fingerprint density at radius 3 is 2.71 bits per heavy atom. The van der Waals surface area contributed by atoms with Gasteiger partial charge >= 0.3 is 0 Å². The van der Waals surface area contributed by atoms with Crippen LogP contribution in [0.3, 0.4) is 0 Å². The molecule has 1 aromatic carbocycles. The first-order valence-electron chi connectivity index (χ1n) is 5.56. The van der Waals surface area contributed by atoms with Crippen molar-refractivity contribution in [3.05, 3.63) is 33.9 Å². The van der Waals surface area contributed by atoms with Gasteiger partial charge in [0.2, 0.25) is 0 Å². The van der Waals surface area contributed by atoms with Gasteiger partial charge < -0.3 is 10.0 Å². The van der Waals surface area contributed by atoms with Gasteiger partial charge in [-0.25, -0.2) is 0 Å². The SMILES string of the molecule is Cc1ccc(N(C)CCC(C)O)c([N+](=O)[O-])c1. The number of aryl methyl sites for hydroxylation is 1. The second kappa shape index (κ2) is 5.63. The van der Waals surface area contributed by atoms with Crippen molar-refractivity contribution in [1.29, 1.82) is 0 Å². The molecular formula is C12H18N2O3. The lowest BCUT2D eigenvalue weighted by Crippen LogP contribution is -2.22. The molecule has 0 heterocycles. The number of hydrogen-bond donors (Lipinski definition) is 1. The number of anilines is 1. The molecule has 0 spiro atoms. The average Bonchev–Trinajstić information content (AvgIpc) is 2.25. The fourth-order valence-electron chi connectivity index (χ4n) is 1.60. The summed E-state index contributed by atoms with van der Waals surface area (Å²) in [4.78, 5) is 12.4. The second-order valence-corrected chi connectivity index (χ2v) is 4.31. The average molecular weight is 238 g/mol. The standard InChI is InChI=1S/C12H18N2O3/c1-9-4-5-11(12(8-9)14(16)17)13(3)7-6-10(2)15/h4-5,8,10,15H,6-7H2,1-3H3. The molecule has 0 saturated carbocycles. The highest BCUT2D eigenvalue weighted by molar-refractivity contribution is 5.63. The van der Waals surface area contributed by atoms with Crippen LogP contribution in [0.1, 0.15) is 18.9 Å². The first kappa shape index (κ1) is 13.4. The van der Waals surface area contributed by atoms with E-state index < -0.39 is 6.10 Å². The van der Waals surface area contributed by atoms with E-state index in [1.54, 1.807) is 31.0 Å². The number of aliphatic hydroxyl groups is 1. The highest BCUT2D eigenvalue weighted by Gasteiger charge is 2.17. The van der Waals surface area contributed by atoms with Gasteiger partial charge in [-0.3, -0.25) is 10.1 Å². The van der Waals surface area contributed by atoms with E-state index in [2.05, 4.69) is 0 Å². The van der Waals surface area contributed by atoms with E-state index in [4.69, 9.17) is 0 Å². The molecule has 0 aliphatic heterocycles. The van der Waals surface area contributed by atoms with E-state index >= 15 is 0 Å². The molecule has 1 unspecified atom stereocenters. The molecule has 1 aromatic rings. The Bertz CT molecular complexity index is 405. The Labute approximate surface area is 101 Å². The Morgan fingerprint density at radius 1 is 1.53 bits per heavy atom. The summed E-state index contributed by atoms with van der Waals surface area (Å²) in [6.45, 7) is 4.12. The smallest absolute Gasteiger partial charge is 0.292 e. The first-order chi connectivity index (χ1) is 7.91. The molecule has 1 N–H and O–H groups in total. The molecule has 94 valence electrons. The van der Waals surface area contributed by atoms with E-state index in [1.807, 2.05) is 13.0 Å². The lowest BCUT2D eigenvalue weighted by molar-refractivity contribution is -0.384. The van der Waals surface area contributed by atoms with Crippen LogP contribution in [0.2, 0.25) is 0 Å². The van der Waals surface area contributed by atoms with Crippen molar-refractivity contribution in [2.45, 2.75) is 26.4 Å². The van der Waals surface area contributed by atoms with Crippen LogP contribution in [0, 0.1) is 17.0 Å². The molecule has 0 fully saturated rings. The van der Waals surface area contributed by atoms with Gasteiger partial charge in [-0.1, -0.05) is 6.07 Å². The highest BCUT2D eigenvalue weighted by Crippen LogP contribution is 2.28. The number of nitro groups is 1. The summed E-state index contributed by atoms with van der Waals surface area (Å²) in [6, 6.07) is 5.16. The van der Waals surface area contributed by atoms with Crippen molar-refractivity contribution < 1.29 is 10.0 Å². The molecule has 0 aliphatic carbocycles. The van der Waals surface area contributed by atoms with Crippen molar-refractivity contribution in [3.63, 3.8) is 0 Å². The van der Waals surface area contributed by atoms with Gasteiger partial charge in [0, 0.05) is 19.7 Å². The summed E-state index contributed by atoms with van der Waals surface area (Å²) >= 11 is 0. The summed E-state index contributed by atoms with van der Waals surface area (Å²) in [5.41, 5.74) is 1.56. The van der Waals surface area contributed by atoms with Gasteiger partial charge in [0.15, 0.2) is 0 Å². The number of aliphatic hydroxyl groups excluding tert-OH is 1. The Kier molecular flexibility index (Phi) is 4.45. The molecule has 0 amide bonds. The van der Waals surface area contributed by atoms with Crippen molar-refractivity contribution in [1.82, 2.24) is 0 Å². The van der Waals surface area contributed by atoms with E-state index in [0.717, 1.165) is 5.56 Å². The molecule has 0 aliphatic rings. The van der Waals surface area contributed by atoms with Crippen molar-refractivity contribution in [2.24, 2.45) is 0 Å². The third-order valence-corrected chi connectivity index (χ3v) is 2.62. The molecule has 5 heteroatoms. The summed E-state index contributed by atoms with van der Waals surface area (Å²) in [5, 5.41) is 20.2. The molecule has 0 radical (unpaired) electrons. The zero-order valence-electron chi connectivity index (χ0n) is 10.4. The third-order valence-electron chi connectivity index (χ3n) is 2.62. The Balaban J connectivity index is 2.92. The summed E-state index contributed by atoms with van der Waals surface area (Å²) in [7, 11) is 1.79. The minimum atomic E-state index is -0.401. The van der Waals surface area contributed by atoms with Gasteiger partial charge in [0.25, 0.3) is 5.69 Å². The Hall–Kier alpha value is -1.62. The van der Waals surface area contributed by atoms with Crippen LogP contribution in [-0.4, -0.2) is 29.7 Å². The van der Waals surface area contributed by atoms with Crippen LogP contribution in [0.15, 0.2) is 18.2 Å². The maximum absolute atomic E-state index is 10.9. The minimum Gasteiger partial charge on any atom is -0.393 e. The molecular weight excluding hydrogens is 220 g/mol. The van der Waals surface area contributed by atoms with Crippen LogP contribution in [0.5, 0.6) is 0 Å². The van der Waals surface area contributed by atoms with Crippen LogP contribution in [0.4, 0.5) is 11.4 Å². The van der Waals surface area contributed by atoms with E-state index in [9.17, 15) is 15.2 Å². The fraction of sp³-hybridized carbons (Fsp3) is 0.500. The molecule has 17 heavy (non-hydrogen) atoms. The lowest BCUT2D eigenvalue weighted by atomic mass is 10.1. The lowest BCUT2D eigenvalue weighted by Gasteiger charge is -2.20. The predicted molar refractivity (Wildman–Crippen MR) is 67.4 cm³/mol. The molecule has 0 aromatic heterocycles. The third kappa shape index (κ3) is 3.71. The Morgan fingerprint density at radius 2 is 2.18 bits per heavy atom. The van der Waals surface area contributed by atoms with Gasteiger partial charge in [-0.2, -0.15) is 0 Å². The van der Waals surface area contributed by atoms with Crippen LogP contribution in [-0.2, 0) is 0 Å². The van der Waals surface area contributed by atoms with E-state index in [-0.39, 0.29) is 10.6 Å². The normalized spacial score (nSPS) is 12.2. The number of nitrogens with zero attached hydrogens (tertiary/aromatic N) is 2. The maximum atomic E-state index is 10.9. The monoisotopic (exact) mass is 238 g/mol. The zero-order valence-corrected chi connectivity index (χ0v) is 10.4. The number of hydrogen-bond acceptors (Lipinski definition) is 4. The number of benzene rings is 1. The topological polar surface area (TPSA) is 66.6 Å². The summed E-state index contributed by atoms with van der Waals surface area (Å²) in [6.07, 6.45) is 0.184. The van der Waals surface area contributed by atoms with Crippen molar-refractivity contribution in [2.75, 3.05) is 18.5 Å². The summed E-state index contributed by atoms with van der Waals surface area (Å²) in [5.74, 6) is 0. The van der Waals surface area contributed by atoms with Crippen molar-refractivity contribution in [3.8, 4) is 0 Å². The number of nitro benzene ring substituents is 1. The predicted octanol–water partition coefficient (Wildman–Crippen LogP) is 2.11. The van der Waals surface area contributed by atoms with Gasteiger partial charge in [-0.05, 0) is 31.9 Å². The largest absolute Gasteiger partial charge is 0.393 e. The fourth-order valence-corrected chi connectivity index (χ4v) is 1.60. The van der Waals surface area contributed by atoms with E-state index in [0.29, 0.717) is 18.7 Å². The van der Waals surface area contributed by atoms with Crippen LogP contribution in [0.25, 0.3) is 0 Å². The molecule has 1 atom stereocenters. The zero-order chi connectivity index (χ0) is 13.0. The van der Waals surface area contributed by atoms with E-state index in [1.165, 1.54) is 0 Å². The number of rotatable bonds is 5. The van der Waals surface area contributed by atoms with Crippen LogP contribution >= 0.6 is 0 Å². The molecule has 0 saturated heterocycles. The minimum absolute atomic E-state index is 0.109. The summed E-state index contributed by atoms with van der Waals surface area (Å²) < 4.78 is 0. The van der Waals surface area contributed by atoms with Gasteiger partial charge in [0.1, 0.15) is 5.69 Å². The molecule has 1 rings (SSSR count). The highest BCUT2D eigenvalue weighted by atomic mass is 16.6. The van der Waals surface area contributed by atoms with Gasteiger partial charge in [0.05, 0.1) is 11.0 Å². The molecule has 0 bridgehead atoms. The maximum Gasteiger partial charge on any atom is 0.292 e. The van der Waals surface area contributed by atoms with Gasteiger partial charge in [-0.15, -0.1) is 0 Å². The van der Waals surface area contributed by atoms with Crippen molar-refractivity contribution >= 4 is 11.4 Å².